The minimum atomic E-state index is 0. The highest BCUT2D eigenvalue weighted by molar-refractivity contribution is 5.85. The van der Waals surface area contributed by atoms with Crippen molar-refractivity contribution in [1.82, 2.24) is 10.2 Å². The molecule has 0 aromatic carbocycles. The first kappa shape index (κ1) is 14.6. The van der Waals surface area contributed by atoms with Gasteiger partial charge in [-0.05, 0) is 50.5 Å². The van der Waals surface area contributed by atoms with Crippen LogP contribution >= 0.6 is 12.4 Å². The Labute approximate surface area is 110 Å². The van der Waals surface area contributed by atoms with Gasteiger partial charge in [-0.1, -0.05) is 6.92 Å². The third-order valence-corrected chi connectivity index (χ3v) is 3.22. The molecule has 98 valence electrons. The number of halogens is 1. The van der Waals surface area contributed by atoms with Crippen LogP contribution < -0.4 is 5.32 Å². The molecule has 2 heterocycles. The van der Waals surface area contributed by atoms with Gasteiger partial charge in [0.25, 0.3) is 0 Å². The number of nitrogens with one attached hydrogen (secondary N) is 1. The number of hydrogen-bond acceptors (Lipinski definition) is 3. The molecule has 1 aromatic rings. The van der Waals surface area contributed by atoms with Crippen LogP contribution in [0.15, 0.2) is 22.8 Å². The van der Waals surface area contributed by atoms with Crippen molar-refractivity contribution in [1.29, 1.82) is 0 Å². The van der Waals surface area contributed by atoms with E-state index in [0.717, 1.165) is 24.8 Å². The topological polar surface area (TPSA) is 28.4 Å². The molecule has 2 rings (SSSR count). The van der Waals surface area contributed by atoms with Gasteiger partial charge in [0.1, 0.15) is 5.76 Å². The summed E-state index contributed by atoms with van der Waals surface area (Å²) in [4.78, 5) is 2.57. The van der Waals surface area contributed by atoms with Crippen LogP contribution in [0, 0.1) is 5.92 Å². The second-order valence-corrected chi connectivity index (χ2v) is 4.67. The smallest absolute Gasteiger partial charge is 0.117 e. The molecule has 0 saturated carbocycles. The lowest BCUT2D eigenvalue weighted by Gasteiger charge is -2.14. The van der Waals surface area contributed by atoms with Crippen LogP contribution in [0.25, 0.3) is 0 Å². The zero-order chi connectivity index (χ0) is 11.2. The molecular formula is C13H23ClN2O. The molecule has 0 amide bonds. The van der Waals surface area contributed by atoms with Crippen molar-refractivity contribution < 1.29 is 4.42 Å². The number of furan rings is 1. The Bertz CT molecular complexity index is 290. The lowest BCUT2D eigenvalue weighted by molar-refractivity contribution is 0.321. The Morgan fingerprint density at radius 2 is 2.41 bits per heavy atom. The number of hydrogen-bond donors (Lipinski definition) is 1. The molecule has 1 aromatic heterocycles. The van der Waals surface area contributed by atoms with E-state index in [9.17, 15) is 0 Å². The molecule has 3 nitrogen and oxygen atoms in total. The fraction of sp³-hybridized carbons (Fsp3) is 0.692. The average Bonchev–Trinajstić information content (AvgIpc) is 2.90. The van der Waals surface area contributed by atoms with Crippen LogP contribution in [0.1, 0.15) is 25.5 Å². The van der Waals surface area contributed by atoms with Gasteiger partial charge in [-0.15, -0.1) is 12.4 Å². The summed E-state index contributed by atoms with van der Waals surface area (Å²) in [7, 11) is 0. The van der Waals surface area contributed by atoms with E-state index in [1.54, 1.807) is 6.26 Å². The normalized spacial score (nSPS) is 20.4. The van der Waals surface area contributed by atoms with E-state index < -0.39 is 0 Å². The number of nitrogens with zero attached hydrogens (tertiary/aromatic N) is 1. The number of rotatable bonds is 6. The summed E-state index contributed by atoms with van der Waals surface area (Å²) in [6, 6.07) is 3.96. The Morgan fingerprint density at radius 3 is 3.12 bits per heavy atom. The third-order valence-electron chi connectivity index (χ3n) is 3.22. The van der Waals surface area contributed by atoms with E-state index in [2.05, 4.69) is 17.1 Å². The Kier molecular flexibility index (Phi) is 6.63. The van der Waals surface area contributed by atoms with E-state index >= 15 is 0 Å². The maximum atomic E-state index is 5.28. The summed E-state index contributed by atoms with van der Waals surface area (Å²) in [5, 5.41) is 3.47. The third kappa shape index (κ3) is 4.70. The van der Waals surface area contributed by atoms with Gasteiger partial charge in [-0.2, -0.15) is 0 Å². The molecule has 0 bridgehead atoms. The molecule has 1 aliphatic heterocycles. The van der Waals surface area contributed by atoms with Gasteiger partial charge in [0.05, 0.1) is 12.8 Å². The highest BCUT2D eigenvalue weighted by atomic mass is 35.5. The number of likely N-dealkylation sites (tertiary alicyclic amines) is 1. The van der Waals surface area contributed by atoms with E-state index in [4.69, 9.17) is 4.42 Å². The summed E-state index contributed by atoms with van der Waals surface area (Å²) >= 11 is 0. The van der Waals surface area contributed by atoms with Crippen molar-refractivity contribution >= 4 is 12.4 Å². The predicted octanol–water partition coefficient (Wildman–Crippen LogP) is 2.52. The first-order chi connectivity index (χ1) is 7.88. The Balaban J connectivity index is 0.00000144. The predicted molar refractivity (Wildman–Crippen MR) is 72.5 cm³/mol. The molecule has 1 fully saturated rings. The Morgan fingerprint density at radius 1 is 1.53 bits per heavy atom. The standard InChI is InChI=1S/C13H22N2O.ClH/c1-2-6-15-7-5-12(11-15)9-14-10-13-4-3-8-16-13;/h3-4,8,12,14H,2,5-7,9-11H2,1H3;1H. The monoisotopic (exact) mass is 258 g/mol. The van der Waals surface area contributed by atoms with Gasteiger partial charge in [-0.25, -0.2) is 0 Å². The second kappa shape index (κ2) is 7.75. The zero-order valence-corrected chi connectivity index (χ0v) is 11.3. The average molecular weight is 259 g/mol. The minimum absolute atomic E-state index is 0. The molecule has 1 unspecified atom stereocenters. The molecule has 0 aliphatic carbocycles. The lowest BCUT2D eigenvalue weighted by Crippen LogP contribution is -2.26. The minimum Gasteiger partial charge on any atom is -0.468 e. The van der Waals surface area contributed by atoms with Gasteiger partial charge < -0.3 is 14.6 Å². The molecule has 1 saturated heterocycles. The molecule has 1 atom stereocenters. The first-order valence-electron chi connectivity index (χ1n) is 6.34. The molecule has 4 heteroatoms. The van der Waals surface area contributed by atoms with Crippen LogP contribution in [-0.4, -0.2) is 31.1 Å². The van der Waals surface area contributed by atoms with Gasteiger partial charge in [0.15, 0.2) is 0 Å². The summed E-state index contributed by atoms with van der Waals surface area (Å²) in [5.41, 5.74) is 0. The molecule has 0 spiro atoms. The van der Waals surface area contributed by atoms with Crippen LogP contribution in [0.4, 0.5) is 0 Å². The van der Waals surface area contributed by atoms with Crippen molar-refractivity contribution in [2.45, 2.75) is 26.3 Å². The summed E-state index contributed by atoms with van der Waals surface area (Å²) in [5.74, 6) is 1.85. The van der Waals surface area contributed by atoms with Gasteiger partial charge >= 0.3 is 0 Å². The SMILES string of the molecule is CCCN1CCC(CNCc2ccco2)C1.Cl. The van der Waals surface area contributed by atoms with Crippen molar-refractivity contribution in [3.05, 3.63) is 24.2 Å². The Hall–Kier alpha value is -0.510. The maximum Gasteiger partial charge on any atom is 0.117 e. The quantitative estimate of drug-likeness (QED) is 0.850. The van der Waals surface area contributed by atoms with E-state index in [0.29, 0.717) is 0 Å². The highest BCUT2D eigenvalue weighted by Crippen LogP contribution is 2.15. The summed E-state index contributed by atoms with van der Waals surface area (Å²) < 4.78 is 5.28. The zero-order valence-electron chi connectivity index (χ0n) is 10.5. The maximum absolute atomic E-state index is 5.28. The van der Waals surface area contributed by atoms with E-state index in [1.807, 2.05) is 12.1 Å². The fourth-order valence-electron chi connectivity index (χ4n) is 2.41. The highest BCUT2D eigenvalue weighted by Gasteiger charge is 2.20. The van der Waals surface area contributed by atoms with Crippen molar-refractivity contribution in [2.24, 2.45) is 5.92 Å². The first-order valence-corrected chi connectivity index (χ1v) is 6.34. The molecule has 17 heavy (non-hydrogen) atoms. The lowest BCUT2D eigenvalue weighted by atomic mass is 10.1. The van der Waals surface area contributed by atoms with Crippen LogP contribution in [0.2, 0.25) is 0 Å². The van der Waals surface area contributed by atoms with Crippen LogP contribution in [-0.2, 0) is 6.54 Å². The van der Waals surface area contributed by atoms with E-state index in [-0.39, 0.29) is 12.4 Å². The molecular weight excluding hydrogens is 236 g/mol. The molecule has 0 radical (unpaired) electrons. The fourth-order valence-corrected chi connectivity index (χ4v) is 2.41. The van der Waals surface area contributed by atoms with E-state index in [1.165, 1.54) is 32.5 Å². The van der Waals surface area contributed by atoms with Gasteiger partial charge in [0, 0.05) is 6.54 Å². The summed E-state index contributed by atoms with van der Waals surface area (Å²) in [6.45, 7) is 8.02. The molecule has 1 N–H and O–H groups in total. The largest absolute Gasteiger partial charge is 0.468 e. The van der Waals surface area contributed by atoms with Gasteiger partial charge in [-0.3, -0.25) is 0 Å². The summed E-state index contributed by atoms with van der Waals surface area (Å²) in [6.07, 6.45) is 4.34. The van der Waals surface area contributed by atoms with Crippen molar-refractivity contribution in [2.75, 3.05) is 26.2 Å². The van der Waals surface area contributed by atoms with Crippen LogP contribution in [0.5, 0.6) is 0 Å². The molecule has 1 aliphatic rings. The van der Waals surface area contributed by atoms with Gasteiger partial charge in [0.2, 0.25) is 0 Å². The van der Waals surface area contributed by atoms with Crippen molar-refractivity contribution in [3.63, 3.8) is 0 Å². The second-order valence-electron chi connectivity index (χ2n) is 4.67. The van der Waals surface area contributed by atoms with Crippen LogP contribution in [0.3, 0.4) is 0 Å². The van der Waals surface area contributed by atoms with Crippen molar-refractivity contribution in [3.8, 4) is 0 Å².